The van der Waals surface area contributed by atoms with E-state index < -0.39 is 35.8 Å². The number of hydrogen-bond acceptors (Lipinski definition) is 5. The van der Waals surface area contributed by atoms with Crippen LogP contribution < -0.4 is 4.90 Å². The second-order valence-electron chi connectivity index (χ2n) is 7.06. The normalized spacial score (nSPS) is 15.6. The Morgan fingerprint density at radius 3 is 2.50 bits per heavy atom. The summed E-state index contributed by atoms with van der Waals surface area (Å²) in [5.74, 6) is -1.85. The highest BCUT2D eigenvalue weighted by molar-refractivity contribution is 6.31. The third-order valence-corrected chi connectivity index (χ3v) is 5.31. The lowest BCUT2D eigenvalue weighted by molar-refractivity contribution is -0.127. The molecular weight excluding hydrogens is 441 g/mol. The number of carbonyl (C=O) groups is 4. The number of amides is 5. The molecule has 3 rings (SSSR count). The van der Waals surface area contributed by atoms with Crippen molar-refractivity contribution in [3.05, 3.63) is 64.9 Å². The third kappa shape index (κ3) is 4.72. The molecule has 0 aliphatic carbocycles. The standard InChI is InChI=1S/C22H21ClFN3O5/c1-3-19(28)26-12-18(20(29)25(2)15-9-10-17(24)16(23)11-15)27(21(26)30)22(31)32-13-14-7-5-4-6-8-14/h4-11,18H,3,12-13H2,1-2H3/t18-/m0/s1. The topological polar surface area (TPSA) is 87.2 Å². The summed E-state index contributed by atoms with van der Waals surface area (Å²) in [5.41, 5.74) is 0.946. The van der Waals surface area contributed by atoms with E-state index in [0.29, 0.717) is 10.5 Å². The van der Waals surface area contributed by atoms with Crippen molar-refractivity contribution in [2.24, 2.45) is 0 Å². The Kier molecular flexibility index (Phi) is 7.09. The monoisotopic (exact) mass is 461 g/mol. The van der Waals surface area contributed by atoms with E-state index in [4.69, 9.17) is 16.3 Å². The van der Waals surface area contributed by atoms with Gasteiger partial charge in [-0.2, -0.15) is 0 Å². The maximum Gasteiger partial charge on any atom is 0.419 e. The summed E-state index contributed by atoms with van der Waals surface area (Å²) in [6.07, 6.45) is -1.03. The predicted molar refractivity (Wildman–Crippen MR) is 114 cm³/mol. The zero-order chi connectivity index (χ0) is 23.4. The molecule has 0 radical (unpaired) electrons. The molecule has 2 aromatic rings. The highest BCUT2D eigenvalue weighted by Crippen LogP contribution is 2.26. The van der Waals surface area contributed by atoms with Gasteiger partial charge in [0.05, 0.1) is 11.6 Å². The third-order valence-electron chi connectivity index (χ3n) is 5.02. The van der Waals surface area contributed by atoms with Crippen molar-refractivity contribution in [2.45, 2.75) is 26.0 Å². The summed E-state index contributed by atoms with van der Waals surface area (Å²) in [7, 11) is 1.40. The molecule has 5 amide bonds. The Labute approximate surface area is 189 Å². The Morgan fingerprint density at radius 1 is 1.19 bits per heavy atom. The molecule has 10 heteroatoms. The first kappa shape index (κ1) is 23.2. The molecule has 1 fully saturated rings. The van der Waals surface area contributed by atoms with Crippen molar-refractivity contribution in [1.82, 2.24) is 9.80 Å². The maximum atomic E-state index is 13.5. The Morgan fingerprint density at radius 2 is 1.88 bits per heavy atom. The second kappa shape index (κ2) is 9.78. The van der Waals surface area contributed by atoms with Crippen molar-refractivity contribution in [3.63, 3.8) is 0 Å². The van der Waals surface area contributed by atoms with Crippen LogP contribution in [0, 0.1) is 5.82 Å². The first-order valence-corrected chi connectivity index (χ1v) is 10.2. The highest BCUT2D eigenvalue weighted by Gasteiger charge is 2.49. The van der Waals surface area contributed by atoms with E-state index in [1.165, 1.54) is 19.2 Å². The molecule has 0 aromatic heterocycles. The SMILES string of the molecule is CCC(=O)N1C[C@@H](C(=O)N(C)c2ccc(F)c(Cl)c2)N(C(=O)OCc2ccccc2)C1=O. The number of hydrogen-bond donors (Lipinski definition) is 0. The van der Waals surface area contributed by atoms with Crippen LogP contribution >= 0.6 is 11.6 Å². The molecule has 168 valence electrons. The van der Waals surface area contributed by atoms with Crippen LogP contribution in [0.15, 0.2) is 48.5 Å². The van der Waals surface area contributed by atoms with E-state index in [1.807, 2.05) is 0 Å². The van der Waals surface area contributed by atoms with Gasteiger partial charge in [0.1, 0.15) is 18.5 Å². The van der Waals surface area contributed by atoms with Gasteiger partial charge in [-0.3, -0.25) is 14.5 Å². The number of likely N-dealkylation sites (N-methyl/N-ethyl adjacent to an activating group) is 1. The number of benzene rings is 2. The molecule has 0 spiro atoms. The molecule has 1 heterocycles. The van der Waals surface area contributed by atoms with Crippen molar-refractivity contribution in [2.75, 3.05) is 18.5 Å². The van der Waals surface area contributed by atoms with Crippen LogP contribution in [0.5, 0.6) is 0 Å². The van der Waals surface area contributed by atoms with E-state index in [9.17, 15) is 23.6 Å². The van der Waals surface area contributed by atoms with Crippen molar-refractivity contribution in [1.29, 1.82) is 0 Å². The van der Waals surface area contributed by atoms with Crippen molar-refractivity contribution >= 4 is 41.2 Å². The molecule has 0 unspecified atom stereocenters. The summed E-state index contributed by atoms with van der Waals surface area (Å²) < 4.78 is 18.7. The number of rotatable bonds is 5. The quantitative estimate of drug-likeness (QED) is 0.675. The Hall–Kier alpha value is -3.46. The number of carbonyl (C=O) groups excluding carboxylic acids is 4. The van der Waals surface area contributed by atoms with Gasteiger partial charge in [-0.05, 0) is 23.8 Å². The highest BCUT2D eigenvalue weighted by atomic mass is 35.5. The van der Waals surface area contributed by atoms with E-state index in [-0.39, 0.29) is 30.3 Å². The summed E-state index contributed by atoms with van der Waals surface area (Å²) >= 11 is 5.80. The molecule has 1 atom stereocenters. The maximum absolute atomic E-state index is 13.5. The lowest BCUT2D eigenvalue weighted by atomic mass is 10.2. The van der Waals surface area contributed by atoms with Gasteiger partial charge < -0.3 is 9.64 Å². The minimum Gasteiger partial charge on any atom is -0.444 e. The lowest BCUT2D eigenvalue weighted by Crippen LogP contribution is -2.49. The van der Waals surface area contributed by atoms with Gasteiger partial charge in [0.15, 0.2) is 0 Å². The van der Waals surface area contributed by atoms with Gasteiger partial charge in [-0.15, -0.1) is 0 Å². The zero-order valence-electron chi connectivity index (χ0n) is 17.5. The van der Waals surface area contributed by atoms with E-state index in [0.717, 1.165) is 15.9 Å². The molecule has 0 bridgehead atoms. The van der Waals surface area contributed by atoms with Gasteiger partial charge in [-0.1, -0.05) is 48.9 Å². The molecule has 8 nitrogen and oxygen atoms in total. The fourth-order valence-electron chi connectivity index (χ4n) is 3.22. The van der Waals surface area contributed by atoms with E-state index in [1.54, 1.807) is 37.3 Å². The van der Waals surface area contributed by atoms with Gasteiger partial charge in [0, 0.05) is 19.2 Å². The molecule has 1 aliphatic heterocycles. The fraction of sp³-hybridized carbons (Fsp3) is 0.273. The van der Waals surface area contributed by atoms with Crippen LogP contribution in [0.3, 0.4) is 0 Å². The van der Waals surface area contributed by atoms with Gasteiger partial charge in [0.25, 0.3) is 5.91 Å². The molecule has 32 heavy (non-hydrogen) atoms. The lowest BCUT2D eigenvalue weighted by Gasteiger charge is -2.25. The van der Waals surface area contributed by atoms with Crippen molar-refractivity contribution < 1.29 is 28.3 Å². The van der Waals surface area contributed by atoms with Crippen LogP contribution in [0.1, 0.15) is 18.9 Å². The first-order chi connectivity index (χ1) is 15.2. The minimum atomic E-state index is -1.31. The molecule has 2 aromatic carbocycles. The van der Waals surface area contributed by atoms with E-state index >= 15 is 0 Å². The van der Waals surface area contributed by atoms with Crippen molar-refractivity contribution in [3.8, 4) is 0 Å². The minimum absolute atomic E-state index is 0.0168. The molecule has 0 saturated carbocycles. The Bertz CT molecular complexity index is 1050. The van der Waals surface area contributed by atoms with Crippen LogP contribution in [0.2, 0.25) is 5.02 Å². The Balaban J connectivity index is 1.84. The van der Waals surface area contributed by atoms with Gasteiger partial charge in [0.2, 0.25) is 5.91 Å². The molecular formula is C22H21ClFN3O5. The van der Waals surface area contributed by atoms with Crippen LogP contribution in [0.25, 0.3) is 0 Å². The zero-order valence-corrected chi connectivity index (χ0v) is 18.2. The van der Waals surface area contributed by atoms with Gasteiger partial charge >= 0.3 is 12.1 Å². The summed E-state index contributed by atoms with van der Waals surface area (Å²) in [5, 5.41) is -0.188. The molecule has 1 aliphatic rings. The largest absolute Gasteiger partial charge is 0.444 e. The summed E-state index contributed by atoms with van der Waals surface area (Å²) in [6, 6.07) is 10.2. The first-order valence-electron chi connectivity index (χ1n) is 9.81. The average Bonchev–Trinajstić information content (AvgIpc) is 3.15. The fourth-order valence-corrected chi connectivity index (χ4v) is 3.40. The summed E-state index contributed by atoms with van der Waals surface area (Å²) in [4.78, 5) is 53.6. The molecule has 0 N–H and O–H groups in total. The number of halogens is 2. The van der Waals surface area contributed by atoms with Crippen LogP contribution in [-0.2, 0) is 20.9 Å². The number of ether oxygens (including phenoxy) is 1. The second-order valence-corrected chi connectivity index (χ2v) is 7.47. The number of urea groups is 1. The number of imide groups is 2. The number of anilines is 1. The smallest absolute Gasteiger partial charge is 0.419 e. The summed E-state index contributed by atoms with van der Waals surface area (Å²) in [6.45, 7) is 1.13. The molecule has 1 saturated heterocycles. The van der Waals surface area contributed by atoms with Crippen LogP contribution in [-0.4, -0.2) is 53.4 Å². The van der Waals surface area contributed by atoms with Crippen LogP contribution in [0.4, 0.5) is 19.7 Å². The van der Waals surface area contributed by atoms with Gasteiger partial charge in [-0.25, -0.2) is 18.9 Å². The van der Waals surface area contributed by atoms with E-state index in [2.05, 4.69) is 0 Å². The average molecular weight is 462 g/mol. The predicted octanol–water partition coefficient (Wildman–Crippen LogP) is 3.82. The number of nitrogens with zero attached hydrogens (tertiary/aromatic N) is 3.